The van der Waals surface area contributed by atoms with E-state index in [0.717, 1.165) is 29.1 Å². The molecule has 4 nitrogen and oxygen atoms in total. The third-order valence-electron chi connectivity index (χ3n) is 4.33. The molecule has 3 rings (SSSR count). The fraction of sp³-hybridized carbons (Fsp3) is 0.421. The first kappa shape index (κ1) is 17.0. The minimum atomic E-state index is -0.162. The highest BCUT2D eigenvalue weighted by Gasteiger charge is 2.20. The zero-order valence-corrected chi connectivity index (χ0v) is 14.8. The van der Waals surface area contributed by atoms with Gasteiger partial charge in [0.25, 0.3) is 0 Å². The van der Waals surface area contributed by atoms with Crippen LogP contribution in [0.1, 0.15) is 39.0 Å². The van der Waals surface area contributed by atoms with Crippen molar-refractivity contribution in [3.63, 3.8) is 0 Å². The summed E-state index contributed by atoms with van der Waals surface area (Å²) in [5.74, 6) is 0.103. The molecule has 126 valence electrons. The molecule has 1 N–H and O–H groups in total. The van der Waals surface area contributed by atoms with Gasteiger partial charge >= 0.3 is 0 Å². The maximum atomic E-state index is 12.4. The van der Waals surface area contributed by atoms with Crippen molar-refractivity contribution in [2.45, 2.75) is 55.3 Å². The topological polar surface area (TPSA) is 54.9 Å². The third kappa shape index (κ3) is 4.57. The molecule has 0 aliphatic heterocycles. The lowest BCUT2D eigenvalue weighted by molar-refractivity contribution is -0.121. The summed E-state index contributed by atoms with van der Waals surface area (Å²) < 4.78 is 0. The maximum absolute atomic E-state index is 12.4. The SMILES string of the molecule is CC(Sc1cc(-c2ccccc2)ncn1)C(=O)NC1CCCCC1. The Hall–Kier alpha value is -1.88. The van der Waals surface area contributed by atoms with E-state index in [2.05, 4.69) is 15.3 Å². The highest BCUT2D eigenvalue weighted by Crippen LogP contribution is 2.25. The Morgan fingerprint density at radius 1 is 1.17 bits per heavy atom. The van der Waals surface area contributed by atoms with Crippen molar-refractivity contribution < 1.29 is 4.79 Å². The molecule has 1 heterocycles. The van der Waals surface area contributed by atoms with E-state index in [1.165, 1.54) is 31.0 Å². The Balaban J connectivity index is 1.61. The van der Waals surface area contributed by atoms with Crippen LogP contribution in [-0.2, 0) is 4.79 Å². The second-order valence-corrected chi connectivity index (χ2v) is 7.57. The molecular formula is C19H23N3OS. The van der Waals surface area contributed by atoms with Gasteiger partial charge in [0.2, 0.25) is 5.91 Å². The fourth-order valence-corrected chi connectivity index (χ4v) is 3.80. The molecule has 1 unspecified atom stereocenters. The summed E-state index contributed by atoms with van der Waals surface area (Å²) in [4.78, 5) is 21.0. The van der Waals surface area contributed by atoms with E-state index in [-0.39, 0.29) is 11.2 Å². The summed E-state index contributed by atoms with van der Waals surface area (Å²) >= 11 is 1.49. The van der Waals surface area contributed by atoms with Crippen LogP contribution in [0.5, 0.6) is 0 Å². The second-order valence-electron chi connectivity index (χ2n) is 6.21. The molecule has 24 heavy (non-hydrogen) atoms. The number of aromatic nitrogens is 2. The van der Waals surface area contributed by atoms with Crippen LogP contribution in [0.4, 0.5) is 0 Å². The van der Waals surface area contributed by atoms with Crippen molar-refractivity contribution in [2.75, 3.05) is 0 Å². The largest absolute Gasteiger partial charge is 0.352 e. The van der Waals surface area contributed by atoms with Gasteiger partial charge in [-0.1, -0.05) is 61.4 Å². The van der Waals surface area contributed by atoms with E-state index >= 15 is 0 Å². The van der Waals surface area contributed by atoms with Gasteiger partial charge in [-0.3, -0.25) is 4.79 Å². The van der Waals surface area contributed by atoms with E-state index in [1.54, 1.807) is 6.33 Å². The maximum Gasteiger partial charge on any atom is 0.233 e. The van der Waals surface area contributed by atoms with Gasteiger partial charge in [0, 0.05) is 11.6 Å². The standard InChI is InChI=1S/C19H23N3OS/c1-14(19(23)22-16-10-6-3-7-11-16)24-18-12-17(20-13-21-18)15-8-4-2-5-9-15/h2,4-5,8-9,12-14,16H,3,6-7,10-11H2,1H3,(H,22,23). The van der Waals surface area contributed by atoms with Gasteiger partial charge in [-0.25, -0.2) is 9.97 Å². The van der Waals surface area contributed by atoms with Gasteiger partial charge in [-0.15, -0.1) is 0 Å². The van der Waals surface area contributed by atoms with Gasteiger partial charge in [-0.05, 0) is 25.8 Å². The molecule has 1 aliphatic carbocycles. The lowest BCUT2D eigenvalue weighted by atomic mass is 9.95. The first-order valence-corrected chi connectivity index (χ1v) is 9.45. The quantitative estimate of drug-likeness (QED) is 0.658. The Bertz CT molecular complexity index is 671. The van der Waals surface area contributed by atoms with Crippen LogP contribution in [0.15, 0.2) is 47.8 Å². The van der Waals surface area contributed by atoms with Crippen molar-refractivity contribution in [1.29, 1.82) is 0 Å². The van der Waals surface area contributed by atoms with Crippen molar-refractivity contribution in [3.05, 3.63) is 42.7 Å². The van der Waals surface area contributed by atoms with E-state index in [0.29, 0.717) is 6.04 Å². The van der Waals surface area contributed by atoms with Crippen LogP contribution >= 0.6 is 11.8 Å². The summed E-state index contributed by atoms with van der Waals surface area (Å²) in [5, 5.41) is 3.85. The van der Waals surface area contributed by atoms with Crippen LogP contribution in [0.2, 0.25) is 0 Å². The molecule has 0 spiro atoms. The van der Waals surface area contributed by atoms with E-state index < -0.39 is 0 Å². The first-order valence-electron chi connectivity index (χ1n) is 8.57. The number of nitrogens with one attached hydrogen (secondary N) is 1. The summed E-state index contributed by atoms with van der Waals surface area (Å²) in [6.45, 7) is 1.94. The Labute approximate surface area is 147 Å². The summed E-state index contributed by atoms with van der Waals surface area (Å²) in [6, 6.07) is 12.3. The van der Waals surface area contributed by atoms with Crippen LogP contribution in [-0.4, -0.2) is 27.2 Å². The minimum absolute atomic E-state index is 0.103. The number of thioether (sulfide) groups is 1. The van der Waals surface area contributed by atoms with E-state index in [4.69, 9.17) is 0 Å². The Morgan fingerprint density at radius 3 is 2.67 bits per heavy atom. The van der Waals surface area contributed by atoms with Crippen molar-refractivity contribution in [1.82, 2.24) is 15.3 Å². The second kappa shape index (κ2) is 8.29. The minimum Gasteiger partial charge on any atom is -0.352 e. The number of carbonyl (C=O) groups is 1. The zero-order valence-electron chi connectivity index (χ0n) is 13.9. The van der Waals surface area contributed by atoms with Crippen LogP contribution in [0.25, 0.3) is 11.3 Å². The Morgan fingerprint density at radius 2 is 1.92 bits per heavy atom. The van der Waals surface area contributed by atoms with E-state index in [9.17, 15) is 4.79 Å². The number of benzene rings is 1. The molecule has 0 bridgehead atoms. The third-order valence-corrected chi connectivity index (χ3v) is 5.36. The van der Waals surface area contributed by atoms with Crippen molar-refractivity contribution >= 4 is 17.7 Å². The highest BCUT2D eigenvalue weighted by atomic mass is 32.2. The molecule has 5 heteroatoms. The lowest BCUT2D eigenvalue weighted by Gasteiger charge is -2.24. The molecule has 1 amide bonds. The molecule has 1 saturated carbocycles. The predicted molar refractivity (Wildman–Crippen MR) is 97.8 cm³/mol. The molecule has 0 radical (unpaired) electrons. The number of rotatable bonds is 5. The van der Waals surface area contributed by atoms with Gasteiger partial charge in [0.05, 0.1) is 10.9 Å². The number of amides is 1. The molecule has 1 atom stereocenters. The molecule has 1 aromatic carbocycles. The average Bonchev–Trinajstić information content (AvgIpc) is 2.63. The summed E-state index contributed by atoms with van der Waals surface area (Å²) in [6.07, 6.45) is 7.51. The van der Waals surface area contributed by atoms with E-state index in [1.807, 2.05) is 43.3 Å². The zero-order chi connectivity index (χ0) is 16.8. The predicted octanol–water partition coefficient (Wildman–Crippen LogP) is 4.07. The number of carbonyl (C=O) groups excluding carboxylic acids is 1. The monoisotopic (exact) mass is 341 g/mol. The molecule has 2 aromatic rings. The molecule has 1 aromatic heterocycles. The fourth-order valence-electron chi connectivity index (χ4n) is 2.97. The highest BCUT2D eigenvalue weighted by molar-refractivity contribution is 8.00. The number of nitrogens with zero attached hydrogens (tertiary/aromatic N) is 2. The molecule has 1 fully saturated rings. The molecular weight excluding hydrogens is 318 g/mol. The van der Waals surface area contributed by atoms with Gasteiger partial charge in [-0.2, -0.15) is 0 Å². The normalized spacial score (nSPS) is 16.5. The smallest absolute Gasteiger partial charge is 0.233 e. The molecule has 1 aliphatic rings. The number of hydrogen-bond acceptors (Lipinski definition) is 4. The first-order chi connectivity index (χ1) is 11.7. The van der Waals surface area contributed by atoms with Gasteiger partial charge < -0.3 is 5.32 Å². The Kier molecular flexibility index (Phi) is 5.86. The van der Waals surface area contributed by atoms with Gasteiger partial charge in [0.1, 0.15) is 11.4 Å². The van der Waals surface area contributed by atoms with Crippen LogP contribution in [0, 0.1) is 0 Å². The van der Waals surface area contributed by atoms with Crippen molar-refractivity contribution in [2.24, 2.45) is 0 Å². The summed E-state index contributed by atoms with van der Waals surface area (Å²) in [7, 11) is 0. The number of hydrogen-bond donors (Lipinski definition) is 1. The van der Waals surface area contributed by atoms with Crippen LogP contribution < -0.4 is 5.32 Å². The summed E-state index contributed by atoms with van der Waals surface area (Å²) in [5.41, 5.74) is 1.94. The van der Waals surface area contributed by atoms with Crippen molar-refractivity contribution in [3.8, 4) is 11.3 Å². The lowest BCUT2D eigenvalue weighted by Crippen LogP contribution is -2.40. The molecule has 0 saturated heterocycles. The average molecular weight is 341 g/mol. The van der Waals surface area contributed by atoms with Crippen LogP contribution in [0.3, 0.4) is 0 Å². The van der Waals surface area contributed by atoms with Gasteiger partial charge in [0.15, 0.2) is 0 Å².